The molecule has 2 aromatic heterocycles. The molecule has 0 spiro atoms. The second-order valence-electron chi connectivity index (χ2n) is 10.4. The maximum Gasteiger partial charge on any atom is 0.268 e. The van der Waals surface area contributed by atoms with Gasteiger partial charge < -0.3 is 9.73 Å². The van der Waals surface area contributed by atoms with Gasteiger partial charge in [0, 0.05) is 17.9 Å². The van der Waals surface area contributed by atoms with Crippen molar-refractivity contribution < 1.29 is 9.21 Å². The number of aromatic nitrogens is 4. The molecule has 0 aliphatic heterocycles. The summed E-state index contributed by atoms with van der Waals surface area (Å²) in [6, 6.07) is 29.6. The highest BCUT2D eigenvalue weighted by Crippen LogP contribution is 2.30. The number of amides is 1. The lowest BCUT2D eigenvalue weighted by Crippen LogP contribution is -2.30. The van der Waals surface area contributed by atoms with Crippen molar-refractivity contribution in [3.63, 3.8) is 0 Å². The predicted molar refractivity (Wildman–Crippen MR) is 147 cm³/mol. The van der Waals surface area contributed by atoms with Gasteiger partial charge in [0.1, 0.15) is 5.69 Å². The molecule has 0 unspecified atom stereocenters. The van der Waals surface area contributed by atoms with Gasteiger partial charge in [0.15, 0.2) is 0 Å². The quantitative estimate of drug-likeness (QED) is 0.283. The third-order valence-electron chi connectivity index (χ3n) is 6.37. The molecule has 1 N–H and O–H groups in total. The Morgan fingerprint density at radius 1 is 0.921 bits per heavy atom. The molecule has 5 rings (SSSR count). The minimum absolute atomic E-state index is 0.145. The van der Waals surface area contributed by atoms with Crippen molar-refractivity contribution in [2.24, 2.45) is 0 Å². The third-order valence-corrected chi connectivity index (χ3v) is 6.37. The van der Waals surface area contributed by atoms with Crippen molar-refractivity contribution in [2.45, 2.75) is 45.6 Å². The maximum absolute atomic E-state index is 13.5. The molecule has 0 saturated heterocycles. The normalized spacial score (nSPS) is 12.3. The van der Waals surface area contributed by atoms with E-state index in [9.17, 15) is 4.79 Å². The Kier molecular flexibility index (Phi) is 6.92. The van der Waals surface area contributed by atoms with Gasteiger partial charge in [-0.15, -0.1) is 10.2 Å². The summed E-state index contributed by atoms with van der Waals surface area (Å²) in [5.74, 6) is 0.704. The lowest BCUT2D eigenvalue weighted by Gasteiger charge is -2.21. The first-order valence-electron chi connectivity index (χ1n) is 12.7. The number of carbonyl (C=O) groups is 1. The van der Waals surface area contributed by atoms with E-state index in [0.717, 1.165) is 22.5 Å². The average molecular weight is 506 g/mol. The number of hydrogen-bond acceptors (Lipinski definition) is 5. The summed E-state index contributed by atoms with van der Waals surface area (Å²) in [6.45, 7) is 8.11. The highest BCUT2D eigenvalue weighted by Gasteiger charge is 2.25. The molecule has 0 bridgehead atoms. The number of aryl methyl sites for hydroxylation is 1. The zero-order chi connectivity index (χ0) is 26.7. The van der Waals surface area contributed by atoms with Gasteiger partial charge in [0.25, 0.3) is 11.8 Å². The number of benzene rings is 3. The Balaban J connectivity index is 1.46. The van der Waals surface area contributed by atoms with E-state index in [1.165, 1.54) is 0 Å². The second kappa shape index (κ2) is 10.5. The fourth-order valence-corrected chi connectivity index (χ4v) is 4.42. The van der Waals surface area contributed by atoms with Crippen LogP contribution in [0.2, 0.25) is 0 Å². The van der Waals surface area contributed by atoms with Gasteiger partial charge in [0.05, 0.1) is 17.4 Å². The van der Waals surface area contributed by atoms with Gasteiger partial charge in [-0.3, -0.25) is 4.79 Å². The van der Waals surface area contributed by atoms with Gasteiger partial charge in [0.2, 0.25) is 5.89 Å². The zero-order valence-corrected chi connectivity index (χ0v) is 22.1. The summed E-state index contributed by atoms with van der Waals surface area (Å²) in [6.07, 6.45) is 0.691. The number of carbonyl (C=O) groups excluding carboxylic acids is 1. The van der Waals surface area contributed by atoms with Crippen LogP contribution >= 0.6 is 0 Å². The van der Waals surface area contributed by atoms with Crippen molar-refractivity contribution in [2.75, 3.05) is 0 Å². The van der Waals surface area contributed by atoms with Crippen LogP contribution in [0.4, 0.5) is 0 Å². The molecule has 0 fully saturated rings. The van der Waals surface area contributed by atoms with Crippen LogP contribution in [0.1, 0.15) is 59.9 Å². The molecule has 7 heteroatoms. The lowest BCUT2D eigenvalue weighted by molar-refractivity contribution is 0.0936. The maximum atomic E-state index is 13.5. The molecule has 192 valence electrons. The number of nitrogens with zero attached hydrogens (tertiary/aromatic N) is 4. The van der Waals surface area contributed by atoms with Gasteiger partial charge in [-0.1, -0.05) is 87.5 Å². The van der Waals surface area contributed by atoms with E-state index in [0.29, 0.717) is 29.5 Å². The monoisotopic (exact) mass is 505 g/mol. The van der Waals surface area contributed by atoms with Crippen LogP contribution in [0.5, 0.6) is 0 Å². The first-order chi connectivity index (χ1) is 18.3. The summed E-state index contributed by atoms with van der Waals surface area (Å²) in [5, 5.41) is 16.1. The first-order valence-corrected chi connectivity index (χ1v) is 12.7. The van der Waals surface area contributed by atoms with Gasteiger partial charge in [-0.05, 0) is 41.8 Å². The number of nitrogens with one attached hydrogen (secondary N) is 1. The Morgan fingerprint density at radius 3 is 2.29 bits per heavy atom. The summed E-state index contributed by atoms with van der Waals surface area (Å²) < 4.78 is 7.47. The van der Waals surface area contributed by atoms with E-state index < -0.39 is 0 Å². The molecular weight excluding hydrogens is 474 g/mol. The first kappa shape index (κ1) is 25.1. The fraction of sp³-hybridized carbons (Fsp3) is 0.226. The van der Waals surface area contributed by atoms with Crippen LogP contribution in [0.25, 0.3) is 17.3 Å². The van der Waals surface area contributed by atoms with Gasteiger partial charge >= 0.3 is 0 Å². The molecule has 0 aliphatic carbocycles. The Bertz CT molecular complexity index is 1530. The Labute approximate surface area is 222 Å². The van der Waals surface area contributed by atoms with E-state index in [1.807, 2.05) is 83.5 Å². The minimum atomic E-state index is -0.216. The standard InChI is InChI=1S/C31H31N5O2/c1-21-33-34-30(38-21)27-20-28(31(2,3)4)36(35-27)25-17-11-16-24(19-25)29(37)32-26(23-14-9-6-10-15-23)18-22-12-7-5-8-13-22/h5-17,19-20,26H,18H2,1-4H3,(H,32,37)/t26-/m1/s1. The van der Waals surface area contributed by atoms with E-state index >= 15 is 0 Å². The van der Waals surface area contributed by atoms with Crippen molar-refractivity contribution in [3.05, 3.63) is 119 Å². The molecule has 2 heterocycles. The van der Waals surface area contributed by atoms with Gasteiger partial charge in [-0.25, -0.2) is 4.68 Å². The minimum Gasteiger partial charge on any atom is -0.420 e. The molecule has 38 heavy (non-hydrogen) atoms. The second-order valence-corrected chi connectivity index (χ2v) is 10.4. The van der Waals surface area contributed by atoms with Crippen LogP contribution in [0.3, 0.4) is 0 Å². The Hall–Kier alpha value is -4.52. The largest absolute Gasteiger partial charge is 0.420 e. The summed E-state index contributed by atoms with van der Waals surface area (Å²) in [7, 11) is 0. The molecule has 0 aliphatic rings. The molecule has 1 atom stereocenters. The average Bonchev–Trinajstić information content (AvgIpc) is 3.56. The molecule has 0 radical (unpaired) electrons. The highest BCUT2D eigenvalue weighted by molar-refractivity contribution is 5.95. The summed E-state index contributed by atoms with van der Waals surface area (Å²) >= 11 is 0. The third kappa shape index (κ3) is 5.57. The van der Waals surface area contributed by atoms with Crippen LogP contribution in [0, 0.1) is 6.92 Å². The van der Waals surface area contributed by atoms with E-state index in [4.69, 9.17) is 9.52 Å². The molecular formula is C31H31N5O2. The molecule has 5 aromatic rings. The summed E-state index contributed by atoms with van der Waals surface area (Å²) in [4.78, 5) is 13.5. The summed E-state index contributed by atoms with van der Waals surface area (Å²) in [5.41, 5.74) is 4.90. The van der Waals surface area contributed by atoms with Crippen molar-refractivity contribution in [1.82, 2.24) is 25.3 Å². The Morgan fingerprint density at radius 2 is 1.63 bits per heavy atom. The lowest BCUT2D eigenvalue weighted by atomic mass is 9.91. The van der Waals surface area contributed by atoms with Crippen molar-refractivity contribution in [3.8, 4) is 17.3 Å². The molecule has 1 amide bonds. The van der Waals surface area contributed by atoms with Crippen LogP contribution in [0.15, 0.2) is 95.4 Å². The number of hydrogen-bond donors (Lipinski definition) is 1. The highest BCUT2D eigenvalue weighted by atomic mass is 16.4. The van der Waals surface area contributed by atoms with Crippen LogP contribution < -0.4 is 5.32 Å². The van der Waals surface area contributed by atoms with E-state index in [1.54, 1.807) is 6.92 Å². The van der Waals surface area contributed by atoms with E-state index in [2.05, 4.69) is 48.4 Å². The van der Waals surface area contributed by atoms with Crippen LogP contribution in [-0.4, -0.2) is 25.9 Å². The topological polar surface area (TPSA) is 85.8 Å². The number of rotatable bonds is 7. The fourth-order valence-electron chi connectivity index (χ4n) is 4.42. The van der Waals surface area contributed by atoms with Gasteiger partial charge in [-0.2, -0.15) is 5.10 Å². The molecule has 7 nitrogen and oxygen atoms in total. The molecule has 0 saturated carbocycles. The van der Waals surface area contributed by atoms with E-state index in [-0.39, 0.29) is 17.4 Å². The molecule has 3 aromatic carbocycles. The van der Waals surface area contributed by atoms with Crippen LogP contribution in [-0.2, 0) is 11.8 Å². The predicted octanol–water partition coefficient (Wildman–Crippen LogP) is 6.24. The zero-order valence-electron chi connectivity index (χ0n) is 22.1. The van der Waals surface area contributed by atoms with Crippen molar-refractivity contribution in [1.29, 1.82) is 0 Å². The smallest absolute Gasteiger partial charge is 0.268 e. The SMILES string of the molecule is Cc1nnc(-c2cc(C(C)(C)C)n(-c3cccc(C(=O)N[C@H](Cc4ccccc4)c4ccccc4)c3)n2)o1. The van der Waals surface area contributed by atoms with Crippen molar-refractivity contribution >= 4 is 5.91 Å².